The van der Waals surface area contributed by atoms with Crippen LogP contribution < -0.4 is 5.32 Å². The van der Waals surface area contributed by atoms with Crippen molar-refractivity contribution in [2.75, 3.05) is 19.6 Å². The Morgan fingerprint density at radius 3 is 2.77 bits per heavy atom. The van der Waals surface area contributed by atoms with Gasteiger partial charge in [0.25, 0.3) is 0 Å². The number of nitrogens with one attached hydrogen (secondary N) is 1. The van der Waals surface area contributed by atoms with Gasteiger partial charge in [0, 0.05) is 18.1 Å². The molecule has 0 radical (unpaired) electrons. The van der Waals surface area contributed by atoms with E-state index in [4.69, 9.17) is 0 Å². The van der Waals surface area contributed by atoms with Gasteiger partial charge in [0.15, 0.2) is 0 Å². The summed E-state index contributed by atoms with van der Waals surface area (Å²) in [5, 5.41) is 3.58. The summed E-state index contributed by atoms with van der Waals surface area (Å²) >= 11 is 0. The molecule has 0 amide bonds. The maximum Gasteiger partial charge on any atom is 0.0195 e. The molecule has 0 saturated carbocycles. The lowest BCUT2D eigenvalue weighted by Crippen LogP contribution is -2.45. The van der Waals surface area contributed by atoms with Gasteiger partial charge >= 0.3 is 0 Å². The molecular formula is C11H22N2. The first-order valence-electron chi connectivity index (χ1n) is 5.67. The molecule has 0 aromatic carbocycles. The number of likely N-dealkylation sites (tertiary alicyclic amines) is 1. The van der Waals surface area contributed by atoms with Gasteiger partial charge in [0.2, 0.25) is 0 Å². The van der Waals surface area contributed by atoms with Crippen LogP contribution >= 0.6 is 0 Å². The van der Waals surface area contributed by atoms with Gasteiger partial charge in [-0.15, -0.1) is 0 Å². The predicted octanol–water partition coefficient (Wildman–Crippen LogP) is 1.61. The van der Waals surface area contributed by atoms with E-state index in [2.05, 4.69) is 24.1 Å². The molecule has 0 aromatic rings. The second-order valence-corrected chi connectivity index (χ2v) is 5.16. The zero-order valence-corrected chi connectivity index (χ0v) is 8.97. The van der Waals surface area contributed by atoms with Crippen molar-refractivity contribution in [2.45, 2.75) is 51.1 Å². The molecule has 2 saturated heterocycles. The third-order valence-electron chi connectivity index (χ3n) is 3.68. The van der Waals surface area contributed by atoms with Gasteiger partial charge < -0.3 is 5.32 Å². The summed E-state index contributed by atoms with van der Waals surface area (Å²) in [6, 6.07) is 0.775. The molecule has 2 fully saturated rings. The zero-order chi connectivity index (χ0) is 9.31. The van der Waals surface area contributed by atoms with Crippen LogP contribution in [0.4, 0.5) is 0 Å². The van der Waals surface area contributed by atoms with E-state index in [0.717, 1.165) is 6.04 Å². The summed E-state index contributed by atoms with van der Waals surface area (Å²) in [6.07, 6.45) is 5.52. The van der Waals surface area contributed by atoms with E-state index in [9.17, 15) is 0 Å². The third-order valence-corrected chi connectivity index (χ3v) is 3.68. The van der Waals surface area contributed by atoms with Gasteiger partial charge in [-0.2, -0.15) is 0 Å². The first-order chi connectivity index (χ1) is 6.18. The minimum atomic E-state index is 0.463. The van der Waals surface area contributed by atoms with Crippen LogP contribution in [0.25, 0.3) is 0 Å². The summed E-state index contributed by atoms with van der Waals surface area (Å²) in [5.74, 6) is 0. The third kappa shape index (κ3) is 2.05. The van der Waals surface area contributed by atoms with Crippen LogP contribution in [-0.2, 0) is 0 Å². The molecule has 13 heavy (non-hydrogen) atoms. The fraction of sp³-hybridized carbons (Fsp3) is 1.00. The van der Waals surface area contributed by atoms with Gasteiger partial charge in [-0.05, 0) is 52.6 Å². The highest BCUT2D eigenvalue weighted by atomic mass is 15.2. The van der Waals surface area contributed by atoms with E-state index < -0.39 is 0 Å². The van der Waals surface area contributed by atoms with Crippen LogP contribution in [0.2, 0.25) is 0 Å². The van der Waals surface area contributed by atoms with Crippen molar-refractivity contribution in [1.82, 2.24) is 10.2 Å². The number of nitrogens with zero attached hydrogens (tertiary/aromatic N) is 1. The Morgan fingerprint density at radius 1 is 1.38 bits per heavy atom. The second kappa shape index (κ2) is 3.58. The summed E-state index contributed by atoms with van der Waals surface area (Å²) in [4.78, 5) is 2.66. The Morgan fingerprint density at radius 2 is 2.23 bits per heavy atom. The molecule has 2 aliphatic heterocycles. The van der Waals surface area contributed by atoms with E-state index in [1.54, 1.807) is 0 Å². The Hall–Kier alpha value is -0.0800. The minimum Gasteiger partial charge on any atom is -0.313 e. The molecule has 0 aliphatic carbocycles. The number of rotatable bonds is 2. The lowest BCUT2D eigenvalue weighted by molar-refractivity contribution is 0.160. The maximum atomic E-state index is 3.58. The van der Waals surface area contributed by atoms with Crippen LogP contribution in [0.5, 0.6) is 0 Å². The quantitative estimate of drug-likeness (QED) is 0.698. The van der Waals surface area contributed by atoms with Crippen LogP contribution in [-0.4, -0.2) is 36.1 Å². The summed E-state index contributed by atoms with van der Waals surface area (Å²) < 4.78 is 0. The molecule has 0 spiro atoms. The van der Waals surface area contributed by atoms with Crippen molar-refractivity contribution in [3.05, 3.63) is 0 Å². The van der Waals surface area contributed by atoms with Crippen LogP contribution in [0.1, 0.15) is 39.5 Å². The molecular weight excluding hydrogens is 160 g/mol. The van der Waals surface area contributed by atoms with Crippen LogP contribution in [0, 0.1) is 0 Å². The molecule has 76 valence electrons. The molecule has 0 bridgehead atoms. The van der Waals surface area contributed by atoms with Crippen molar-refractivity contribution in [2.24, 2.45) is 0 Å². The van der Waals surface area contributed by atoms with E-state index in [1.165, 1.54) is 45.3 Å². The molecule has 2 nitrogen and oxygen atoms in total. The fourth-order valence-electron chi connectivity index (χ4n) is 2.68. The standard InChI is InChI=1S/C11H22N2/c1-11(2)6-4-8-13(11)9-10-5-3-7-12-10/h10,12H,3-9H2,1-2H3. The molecule has 1 unspecified atom stereocenters. The lowest BCUT2D eigenvalue weighted by Gasteiger charge is -2.33. The van der Waals surface area contributed by atoms with Gasteiger partial charge in [-0.3, -0.25) is 4.90 Å². The van der Waals surface area contributed by atoms with Crippen molar-refractivity contribution in [3.63, 3.8) is 0 Å². The molecule has 2 aliphatic rings. The molecule has 0 aromatic heterocycles. The Labute approximate surface area is 81.7 Å². The molecule has 1 atom stereocenters. The lowest BCUT2D eigenvalue weighted by atomic mass is 10.0. The first kappa shape index (κ1) is 9.47. The monoisotopic (exact) mass is 182 g/mol. The molecule has 2 heteroatoms. The van der Waals surface area contributed by atoms with Gasteiger partial charge in [-0.1, -0.05) is 0 Å². The summed E-state index contributed by atoms with van der Waals surface area (Å²) in [5.41, 5.74) is 0.463. The fourth-order valence-corrected chi connectivity index (χ4v) is 2.68. The molecule has 2 heterocycles. The Bertz CT molecular complexity index is 171. The first-order valence-corrected chi connectivity index (χ1v) is 5.67. The van der Waals surface area contributed by atoms with Gasteiger partial charge in [-0.25, -0.2) is 0 Å². The molecule has 2 rings (SSSR count). The molecule has 1 N–H and O–H groups in total. The van der Waals surface area contributed by atoms with E-state index in [0.29, 0.717) is 5.54 Å². The summed E-state index contributed by atoms with van der Waals surface area (Å²) in [7, 11) is 0. The average molecular weight is 182 g/mol. The smallest absolute Gasteiger partial charge is 0.0195 e. The highest BCUT2D eigenvalue weighted by Gasteiger charge is 2.33. The van der Waals surface area contributed by atoms with E-state index >= 15 is 0 Å². The normalized spacial score (nSPS) is 34.2. The van der Waals surface area contributed by atoms with Gasteiger partial charge in [0.05, 0.1) is 0 Å². The van der Waals surface area contributed by atoms with E-state index in [1.807, 2.05) is 0 Å². The highest BCUT2D eigenvalue weighted by Crippen LogP contribution is 2.28. The van der Waals surface area contributed by atoms with Gasteiger partial charge in [0.1, 0.15) is 0 Å². The van der Waals surface area contributed by atoms with E-state index in [-0.39, 0.29) is 0 Å². The van der Waals surface area contributed by atoms with Crippen LogP contribution in [0.15, 0.2) is 0 Å². The highest BCUT2D eigenvalue weighted by molar-refractivity contribution is 4.91. The SMILES string of the molecule is CC1(C)CCCN1CC1CCCN1. The topological polar surface area (TPSA) is 15.3 Å². The Kier molecular flexibility index (Phi) is 2.61. The van der Waals surface area contributed by atoms with Crippen molar-refractivity contribution in [1.29, 1.82) is 0 Å². The van der Waals surface area contributed by atoms with Crippen LogP contribution in [0.3, 0.4) is 0 Å². The largest absolute Gasteiger partial charge is 0.313 e. The zero-order valence-electron chi connectivity index (χ0n) is 8.97. The summed E-state index contributed by atoms with van der Waals surface area (Å²) in [6.45, 7) is 8.58. The van der Waals surface area contributed by atoms with Crippen molar-refractivity contribution >= 4 is 0 Å². The van der Waals surface area contributed by atoms with Crippen molar-refractivity contribution < 1.29 is 0 Å². The predicted molar refractivity (Wildman–Crippen MR) is 55.9 cm³/mol. The maximum absolute atomic E-state index is 3.58. The number of hydrogen-bond donors (Lipinski definition) is 1. The second-order valence-electron chi connectivity index (χ2n) is 5.16. The Balaban J connectivity index is 1.86. The van der Waals surface area contributed by atoms with Crippen molar-refractivity contribution in [3.8, 4) is 0 Å². The average Bonchev–Trinajstić information content (AvgIpc) is 2.63. The minimum absolute atomic E-state index is 0.463. The number of hydrogen-bond acceptors (Lipinski definition) is 2.